The standard InChI is InChI=1S/C16H17NO2S2/c1-11-9-14(20-12(11)2)10-17-16(19)15-7-6-13(21-15)5-3-4-8-18/h6-7,9,18H,4,8,10H2,1-2H3,(H,17,19). The van der Waals surface area contributed by atoms with Crippen LogP contribution in [-0.4, -0.2) is 17.6 Å². The average molecular weight is 319 g/mol. The number of aryl methyl sites for hydroxylation is 2. The Balaban J connectivity index is 1.93. The quantitative estimate of drug-likeness (QED) is 0.851. The molecule has 0 aliphatic heterocycles. The highest BCUT2D eigenvalue weighted by Gasteiger charge is 2.09. The van der Waals surface area contributed by atoms with Gasteiger partial charge in [0, 0.05) is 16.2 Å². The summed E-state index contributed by atoms with van der Waals surface area (Å²) < 4.78 is 0. The molecule has 3 nitrogen and oxygen atoms in total. The Labute approximate surface area is 132 Å². The number of hydrogen-bond donors (Lipinski definition) is 2. The Kier molecular flexibility index (Phi) is 5.57. The van der Waals surface area contributed by atoms with E-state index >= 15 is 0 Å². The van der Waals surface area contributed by atoms with Gasteiger partial charge in [0.05, 0.1) is 22.9 Å². The van der Waals surface area contributed by atoms with Gasteiger partial charge in [-0.15, -0.1) is 22.7 Å². The normalized spacial score (nSPS) is 10.0. The topological polar surface area (TPSA) is 49.3 Å². The van der Waals surface area contributed by atoms with Gasteiger partial charge >= 0.3 is 0 Å². The van der Waals surface area contributed by atoms with Crippen molar-refractivity contribution >= 4 is 28.6 Å². The number of rotatable bonds is 4. The molecule has 2 aromatic rings. The number of carbonyl (C=O) groups excluding carboxylic acids is 1. The zero-order valence-electron chi connectivity index (χ0n) is 12.0. The second-order valence-electron chi connectivity index (χ2n) is 4.57. The molecule has 0 unspecified atom stereocenters. The first-order valence-electron chi connectivity index (χ1n) is 6.64. The fourth-order valence-corrected chi connectivity index (χ4v) is 3.51. The molecule has 0 bridgehead atoms. The number of carbonyl (C=O) groups is 1. The summed E-state index contributed by atoms with van der Waals surface area (Å²) in [6, 6.07) is 5.73. The van der Waals surface area contributed by atoms with Crippen molar-refractivity contribution in [2.75, 3.05) is 6.61 Å². The van der Waals surface area contributed by atoms with Crippen LogP contribution in [0, 0.1) is 25.7 Å². The van der Waals surface area contributed by atoms with Crippen LogP contribution in [0.1, 0.15) is 36.3 Å². The van der Waals surface area contributed by atoms with Crippen molar-refractivity contribution in [3.05, 3.63) is 43.3 Å². The summed E-state index contributed by atoms with van der Waals surface area (Å²) >= 11 is 3.08. The predicted molar refractivity (Wildman–Crippen MR) is 87.9 cm³/mol. The maximum atomic E-state index is 12.1. The summed E-state index contributed by atoms with van der Waals surface area (Å²) in [7, 11) is 0. The molecule has 0 atom stereocenters. The van der Waals surface area contributed by atoms with E-state index < -0.39 is 0 Å². The lowest BCUT2D eigenvalue weighted by Crippen LogP contribution is -2.21. The van der Waals surface area contributed by atoms with Gasteiger partial charge in [0.1, 0.15) is 0 Å². The summed E-state index contributed by atoms with van der Waals surface area (Å²) in [4.78, 5) is 16.0. The SMILES string of the molecule is Cc1cc(CNC(=O)c2ccc(C#CCCO)s2)sc1C. The fourth-order valence-electron chi connectivity index (χ4n) is 1.72. The Bertz CT molecular complexity index is 669. The van der Waals surface area contributed by atoms with E-state index in [1.165, 1.54) is 21.8 Å². The summed E-state index contributed by atoms with van der Waals surface area (Å²) in [5.41, 5.74) is 1.27. The number of aliphatic hydroxyl groups excluding tert-OH is 1. The van der Waals surface area contributed by atoms with E-state index in [9.17, 15) is 4.79 Å². The number of amides is 1. The van der Waals surface area contributed by atoms with Crippen LogP contribution in [0.4, 0.5) is 0 Å². The second-order valence-corrected chi connectivity index (χ2v) is 7.00. The predicted octanol–water partition coefficient (Wildman–Crippen LogP) is 3.09. The highest BCUT2D eigenvalue weighted by atomic mass is 32.1. The zero-order chi connectivity index (χ0) is 15.2. The molecule has 21 heavy (non-hydrogen) atoms. The van der Waals surface area contributed by atoms with Crippen LogP contribution in [0.2, 0.25) is 0 Å². The minimum atomic E-state index is -0.0704. The van der Waals surface area contributed by atoms with E-state index in [0.29, 0.717) is 17.8 Å². The second kappa shape index (κ2) is 7.41. The van der Waals surface area contributed by atoms with Crippen LogP contribution >= 0.6 is 22.7 Å². The molecule has 0 radical (unpaired) electrons. The van der Waals surface area contributed by atoms with E-state index in [1.54, 1.807) is 17.4 Å². The molecule has 1 amide bonds. The van der Waals surface area contributed by atoms with Crippen molar-refractivity contribution in [2.45, 2.75) is 26.8 Å². The minimum absolute atomic E-state index is 0.0609. The zero-order valence-corrected chi connectivity index (χ0v) is 13.7. The molecule has 2 rings (SSSR count). The molecule has 0 saturated carbocycles. The van der Waals surface area contributed by atoms with E-state index in [1.807, 2.05) is 6.07 Å². The third-order valence-corrected chi connectivity index (χ3v) is 5.07. The molecule has 2 N–H and O–H groups in total. The molecule has 0 aliphatic carbocycles. The van der Waals surface area contributed by atoms with Crippen LogP contribution in [0.25, 0.3) is 0 Å². The van der Waals surface area contributed by atoms with Crippen LogP contribution in [0.3, 0.4) is 0 Å². The maximum absolute atomic E-state index is 12.1. The fraction of sp³-hybridized carbons (Fsp3) is 0.312. The average Bonchev–Trinajstić information content (AvgIpc) is 3.04. The van der Waals surface area contributed by atoms with Crippen molar-refractivity contribution in [1.82, 2.24) is 5.32 Å². The summed E-state index contributed by atoms with van der Waals surface area (Å²) in [6.45, 7) is 4.78. The van der Waals surface area contributed by atoms with E-state index in [4.69, 9.17) is 5.11 Å². The lowest BCUT2D eigenvalue weighted by Gasteiger charge is -2.00. The van der Waals surface area contributed by atoms with Crippen LogP contribution in [0.5, 0.6) is 0 Å². The molecule has 0 aliphatic rings. The van der Waals surface area contributed by atoms with Crippen LogP contribution < -0.4 is 5.32 Å². The first-order valence-corrected chi connectivity index (χ1v) is 8.27. The number of nitrogens with one attached hydrogen (secondary N) is 1. The van der Waals surface area contributed by atoms with Gasteiger partial charge in [-0.1, -0.05) is 11.8 Å². The molecule has 2 aromatic heterocycles. The molecule has 110 valence electrons. The van der Waals surface area contributed by atoms with Gasteiger partial charge in [-0.3, -0.25) is 4.79 Å². The molecule has 0 aromatic carbocycles. The molecule has 0 fully saturated rings. The van der Waals surface area contributed by atoms with E-state index in [0.717, 1.165) is 9.75 Å². The molecular weight excluding hydrogens is 302 g/mol. The van der Waals surface area contributed by atoms with E-state index in [-0.39, 0.29) is 12.5 Å². The lowest BCUT2D eigenvalue weighted by molar-refractivity contribution is 0.0955. The van der Waals surface area contributed by atoms with Gasteiger partial charge in [0.15, 0.2) is 0 Å². The Hall–Kier alpha value is -1.61. The first-order chi connectivity index (χ1) is 10.1. The monoisotopic (exact) mass is 319 g/mol. The van der Waals surface area contributed by atoms with Gasteiger partial charge < -0.3 is 10.4 Å². The van der Waals surface area contributed by atoms with Crippen LogP contribution in [0.15, 0.2) is 18.2 Å². The highest BCUT2D eigenvalue weighted by molar-refractivity contribution is 7.14. The number of hydrogen-bond acceptors (Lipinski definition) is 4. The molecule has 5 heteroatoms. The molecule has 0 saturated heterocycles. The summed E-state index contributed by atoms with van der Waals surface area (Å²) in [5, 5.41) is 11.6. The molecule has 0 spiro atoms. The van der Waals surface area contributed by atoms with Crippen molar-refractivity contribution in [2.24, 2.45) is 0 Å². The minimum Gasteiger partial charge on any atom is -0.395 e. The Morgan fingerprint density at radius 3 is 2.81 bits per heavy atom. The smallest absolute Gasteiger partial charge is 0.261 e. The van der Waals surface area contributed by atoms with Crippen molar-refractivity contribution in [3.63, 3.8) is 0 Å². The van der Waals surface area contributed by atoms with Gasteiger partial charge in [-0.25, -0.2) is 0 Å². The van der Waals surface area contributed by atoms with Crippen molar-refractivity contribution < 1.29 is 9.90 Å². The summed E-state index contributed by atoms with van der Waals surface area (Å²) in [5.74, 6) is 5.72. The lowest BCUT2D eigenvalue weighted by atomic mass is 10.3. The first kappa shape index (κ1) is 15.8. The Morgan fingerprint density at radius 2 is 2.14 bits per heavy atom. The van der Waals surface area contributed by atoms with Crippen molar-refractivity contribution in [3.8, 4) is 11.8 Å². The third kappa shape index (κ3) is 4.43. The molecular formula is C16H17NO2S2. The highest BCUT2D eigenvalue weighted by Crippen LogP contribution is 2.21. The third-order valence-electron chi connectivity index (χ3n) is 2.92. The largest absolute Gasteiger partial charge is 0.395 e. The van der Waals surface area contributed by atoms with Crippen molar-refractivity contribution in [1.29, 1.82) is 0 Å². The number of aliphatic hydroxyl groups is 1. The maximum Gasteiger partial charge on any atom is 0.261 e. The van der Waals surface area contributed by atoms with E-state index in [2.05, 4.69) is 37.1 Å². The van der Waals surface area contributed by atoms with Gasteiger partial charge in [-0.05, 0) is 37.6 Å². The van der Waals surface area contributed by atoms with Gasteiger partial charge in [0.25, 0.3) is 5.91 Å². The van der Waals surface area contributed by atoms with Gasteiger partial charge in [0.2, 0.25) is 0 Å². The van der Waals surface area contributed by atoms with Crippen LogP contribution in [-0.2, 0) is 6.54 Å². The Morgan fingerprint density at radius 1 is 1.33 bits per heavy atom. The molecule has 2 heterocycles. The summed E-state index contributed by atoms with van der Waals surface area (Å²) in [6.07, 6.45) is 0.455. The number of thiophene rings is 2. The van der Waals surface area contributed by atoms with Gasteiger partial charge in [-0.2, -0.15) is 0 Å².